The van der Waals surface area contributed by atoms with Gasteiger partial charge in [-0.05, 0) is 49.7 Å². The van der Waals surface area contributed by atoms with Gasteiger partial charge in [0.25, 0.3) is 5.91 Å². The van der Waals surface area contributed by atoms with Crippen molar-refractivity contribution >= 4 is 39.7 Å². The summed E-state index contributed by atoms with van der Waals surface area (Å²) in [5.74, 6) is -0.693. The molecule has 10 heteroatoms. The average molecular weight is 550 g/mol. The Morgan fingerprint density at radius 3 is 2.69 bits per heavy atom. The van der Waals surface area contributed by atoms with Crippen molar-refractivity contribution in [1.82, 2.24) is 10.3 Å². The summed E-state index contributed by atoms with van der Waals surface area (Å²) in [5.41, 5.74) is 4.83. The predicted molar refractivity (Wildman–Crippen MR) is 155 cm³/mol. The first-order valence-electron chi connectivity index (χ1n) is 13.2. The molecule has 2 aromatic carbocycles. The lowest BCUT2D eigenvalue weighted by atomic mass is 9.84. The Morgan fingerprint density at radius 1 is 1.18 bits per heavy atom. The number of anilines is 3. The number of rotatable bonds is 7. The Bertz CT molecular complexity index is 1370. The van der Waals surface area contributed by atoms with E-state index < -0.39 is 5.41 Å². The molecule has 2 aliphatic heterocycles. The van der Waals surface area contributed by atoms with Crippen molar-refractivity contribution in [3.05, 3.63) is 59.0 Å². The molecule has 0 bridgehead atoms. The fourth-order valence-electron chi connectivity index (χ4n) is 5.46. The van der Waals surface area contributed by atoms with Crippen LogP contribution < -0.4 is 20.4 Å². The van der Waals surface area contributed by atoms with E-state index in [1.807, 2.05) is 43.6 Å². The van der Waals surface area contributed by atoms with Gasteiger partial charge in [0.1, 0.15) is 0 Å². The zero-order valence-corrected chi connectivity index (χ0v) is 23.5. The number of hydrogen-bond donors (Lipinski definition) is 3. The molecule has 1 aromatic heterocycles. The maximum Gasteiger partial charge on any atom is 0.251 e. The molecule has 206 valence electrons. The minimum Gasteiger partial charge on any atom is -0.395 e. The second kappa shape index (κ2) is 11.0. The molecule has 0 radical (unpaired) electrons. The third-order valence-corrected chi connectivity index (χ3v) is 8.10. The molecule has 9 nitrogen and oxygen atoms in total. The molecule has 2 aliphatic rings. The molecule has 0 spiro atoms. The van der Waals surface area contributed by atoms with Gasteiger partial charge in [-0.2, -0.15) is 0 Å². The van der Waals surface area contributed by atoms with Crippen molar-refractivity contribution in [3.8, 4) is 11.3 Å². The van der Waals surface area contributed by atoms with Crippen molar-refractivity contribution in [2.45, 2.75) is 38.4 Å². The van der Waals surface area contributed by atoms with Crippen LogP contribution in [0.15, 0.2) is 47.8 Å². The molecule has 5 rings (SSSR count). The van der Waals surface area contributed by atoms with Gasteiger partial charge in [-0.1, -0.05) is 19.1 Å². The number of aliphatic hydroxyl groups is 1. The molecule has 2 amide bonds. The topological polar surface area (TPSA) is 107 Å². The van der Waals surface area contributed by atoms with Gasteiger partial charge in [0.05, 0.1) is 31.1 Å². The summed E-state index contributed by atoms with van der Waals surface area (Å²) in [6.07, 6.45) is 0.341. The maximum absolute atomic E-state index is 12.8. The van der Waals surface area contributed by atoms with Crippen LogP contribution in [0.2, 0.25) is 0 Å². The van der Waals surface area contributed by atoms with Crippen LogP contribution in [0.4, 0.5) is 16.5 Å². The number of thiazole rings is 1. The first kappa shape index (κ1) is 27.1. The highest BCUT2D eigenvalue weighted by atomic mass is 32.1. The number of carbonyl (C=O) groups excluding carboxylic acids is 2. The summed E-state index contributed by atoms with van der Waals surface area (Å²) in [6, 6.07) is 13.7. The van der Waals surface area contributed by atoms with Crippen LogP contribution in [-0.4, -0.2) is 73.9 Å². The average Bonchev–Trinajstić information content (AvgIpc) is 3.48. The zero-order valence-electron chi connectivity index (χ0n) is 22.7. The molecule has 3 N–H and O–H groups in total. The minimum absolute atomic E-state index is 0.0104. The van der Waals surface area contributed by atoms with E-state index in [-0.39, 0.29) is 37.2 Å². The number of likely N-dealkylation sites (N-methyl/N-ethyl adjacent to an activating group) is 1. The van der Waals surface area contributed by atoms with Gasteiger partial charge in [-0.25, -0.2) is 4.98 Å². The van der Waals surface area contributed by atoms with Crippen molar-refractivity contribution < 1.29 is 19.4 Å². The lowest BCUT2D eigenvalue weighted by Crippen LogP contribution is -2.45. The smallest absolute Gasteiger partial charge is 0.251 e. The second-order valence-electron chi connectivity index (χ2n) is 10.8. The van der Waals surface area contributed by atoms with E-state index in [4.69, 9.17) is 4.74 Å². The maximum atomic E-state index is 12.8. The SMILES string of the molecule is C[C@@H]1CN(c2cccc(-c3csc(NC(=O)CNC(=O)c4ccc5c(c4)[C@](C)(CO)CN5C)n3)c2)C[C@H](C)O1. The Labute approximate surface area is 232 Å². The molecule has 3 atom stereocenters. The van der Waals surface area contributed by atoms with Gasteiger partial charge in [-0.3, -0.25) is 9.59 Å². The number of morpholine rings is 1. The van der Waals surface area contributed by atoms with E-state index in [0.29, 0.717) is 17.2 Å². The summed E-state index contributed by atoms with van der Waals surface area (Å²) in [5, 5.41) is 17.8. The van der Waals surface area contributed by atoms with E-state index in [0.717, 1.165) is 41.3 Å². The number of nitrogens with one attached hydrogen (secondary N) is 2. The van der Waals surface area contributed by atoms with Crippen molar-refractivity contribution in [2.24, 2.45) is 0 Å². The molecule has 0 aliphatic carbocycles. The quantitative estimate of drug-likeness (QED) is 0.414. The predicted octanol–water partition coefficient (Wildman–Crippen LogP) is 3.49. The lowest BCUT2D eigenvalue weighted by molar-refractivity contribution is -0.115. The Hall–Kier alpha value is -3.47. The van der Waals surface area contributed by atoms with Crippen molar-refractivity contribution in [3.63, 3.8) is 0 Å². The highest BCUT2D eigenvalue weighted by Gasteiger charge is 2.37. The Kier molecular flexibility index (Phi) is 7.61. The monoisotopic (exact) mass is 549 g/mol. The van der Waals surface area contributed by atoms with E-state index in [9.17, 15) is 14.7 Å². The third-order valence-electron chi connectivity index (χ3n) is 7.34. The van der Waals surface area contributed by atoms with E-state index in [1.165, 1.54) is 11.3 Å². The molecule has 1 fully saturated rings. The van der Waals surface area contributed by atoms with Gasteiger partial charge in [0.2, 0.25) is 5.91 Å². The zero-order chi connectivity index (χ0) is 27.7. The van der Waals surface area contributed by atoms with E-state index in [2.05, 4.69) is 51.4 Å². The summed E-state index contributed by atoms with van der Waals surface area (Å²) >= 11 is 1.34. The number of aromatic nitrogens is 1. The molecule has 3 aromatic rings. The standard InChI is InChI=1S/C29H35N5O4S/c1-18-13-34(14-19(2)38-18)22-7-5-6-20(10-22)24-15-39-28(31-24)32-26(36)12-30-27(37)21-8-9-25-23(11-21)29(3,17-35)16-33(25)4/h5-11,15,18-19,35H,12-14,16-17H2,1-4H3,(H,30,37)(H,31,32,36)/t18-,19+,29-/m0/s1. The number of carbonyl (C=O) groups is 2. The van der Waals surface area contributed by atoms with E-state index in [1.54, 1.807) is 6.07 Å². The van der Waals surface area contributed by atoms with Crippen molar-refractivity contribution in [1.29, 1.82) is 0 Å². The summed E-state index contributed by atoms with van der Waals surface area (Å²) in [6.45, 7) is 8.31. The second-order valence-corrected chi connectivity index (χ2v) is 11.6. The van der Waals surface area contributed by atoms with Gasteiger partial charge in [0, 0.05) is 60.0 Å². The van der Waals surface area contributed by atoms with Crippen LogP contribution in [0.1, 0.15) is 36.7 Å². The normalized spacial score (nSPS) is 22.5. The number of hydrogen-bond acceptors (Lipinski definition) is 8. The van der Waals surface area contributed by atoms with Crippen LogP contribution >= 0.6 is 11.3 Å². The van der Waals surface area contributed by atoms with Crippen LogP contribution in [0.5, 0.6) is 0 Å². The fraction of sp³-hybridized carbons (Fsp3) is 0.414. The highest BCUT2D eigenvalue weighted by Crippen LogP contribution is 2.40. The number of fused-ring (bicyclic) bond motifs is 1. The summed E-state index contributed by atoms with van der Waals surface area (Å²) < 4.78 is 5.86. The highest BCUT2D eigenvalue weighted by molar-refractivity contribution is 7.14. The molecular formula is C29H35N5O4S. The first-order chi connectivity index (χ1) is 18.6. The number of aliphatic hydroxyl groups excluding tert-OH is 1. The Balaban J connectivity index is 1.19. The van der Waals surface area contributed by atoms with Crippen molar-refractivity contribution in [2.75, 3.05) is 55.0 Å². The third kappa shape index (κ3) is 5.78. The molecular weight excluding hydrogens is 514 g/mol. The summed E-state index contributed by atoms with van der Waals surface area (Å²) in [7, 11) is 1.97. The lowest BCUT2D eigenvalue weighted by Gasteiger charge is -2.37. The van der Waals surface area contributed by atoms with Gasteiger partial charge >= 0.3 is 0 Å². The minimum atomic E-state index is -0.432. The van der Waals surface area contributed by atoms with Crippen LogP contribution in [0.25, 0.3) is 11.3 Å². The number of amides is 2. The van der Waals surface area contributed by atoms with Gasteiger partial charge in [0.15, 0.2) is 5.13 Å². The van der Waals surface area contributed by atoms with Gasteiger partial charge in [-0.15, -0.1) is 11.3 Å². The molecule has 3 heterocycles. The molecule has 0 unspecified atom stereocenters. The molecule has 1 saturated heterocycles. The molecule has 39 heavy (non-hydrogen) atoms. The number of ether oxygens (including phenoxy) is 1. The first-order valence-corrected chi connectivity index (χ1v) is 14.0. The van der Waals surface area contributed by atoms with Crippen LogP contribution in [-0.2, 0) is 14.9 Å². The van der Waals surface area contributed by atoms with Crippen LogP contribution in [0.3, 0.4) is 0 Å². The number of nitrogens with zero attached hydrogens (tertiary/aromatic N) is 3. The molecule has 0 saturated carbocycles. The largest absolute Gasteiger partial charge is 0.395 e. The Morgan fingerprint density at radius 2 is 1.95 bits per heavy atom. The van der Waals surface area contributed by atoms with Crippen LogP contribution in [0, 0.1) is 0 Å². The fourth-order valence-corrected chi connectivity index (χ4v) is 6.20. The van der Waals surface area contributed by atoms with E-state index >= 15 is 0 Å². The number of benzene rings is 2. The summed E-state index contributed by atoms with van der Waals surface area (Å²) in [4.78, 5) is 34.4. The van der Waals surface area contributed by atoms with Gasteiger partial charge < -0.3 is 30.3 Å².